The third-order valence-electron chi connectivity index (χ3n) is 8.19. The maximum atomic E-state index is 13.8. The quantitative estimate of drug-likeness (QED) is 0.601. The second-order valence-electron chi connectivity index (χ2n) is 10.7. The summed E-state index contributed by atoms with van der Waals surface area (Å²) < 4.78 is 11.0. The van der Waals surface area contributed by atoms with Crippen LogP contribution in [0.5, 0.6) is 5.75 Å². The summed E-state index contributed by atoms with van der Waals surface area (Å²) in [7, 11) is 1.65. The van der Waals surface area contributed by atoms with Crippen LogP contribution in [0.3, 0.4) is 0 Å². The van der Waals surface area contributed by atoms with Crippen molar-refractivity contribution >= 4 is 22.8 Å². The van der Waals surface area contributed by atoms with E-state index in [0.717, 1.165) is 35.2 Å². The topological polar surface area (TPSA) is 107 Å². The number of fused-ring (bicyclic) bond motifs is 4. The number of H-pyrrole nitrogens is 1. The summed E-state index contributed by atoms with van der Waals surface area (Å²) in [4.78, 5) is 33.9. The summed E-state index contributed by atoms with van der Waals surface area (Å²) >= 11 is 0. The number of ether oxygens (including phenoxy) is 2. The Labute approximate surface area is 212 Å². The lowest BCUT2D eigenvalue weighted by molar-refractivity contribution is -0.144. The van der Waals surface area contributed by atoms with Crippen LogP contribution in [0.2, 0.25) is 0 Å². The number of benzene rings is 1. The van der Waals surface area contributed by atoms with Gasteiger partial charge in [0.15, 0.2) is 0 Å². The zero-order valence-corrected chi connectivity index (χ0v) is 21.5. The Morgan fingerprint density at radius 1 is 1.25 bits per heavy atom. The SMILES string of the molecule is COc1ccc2c3c([nH]c2c1)[C@H](CO)N(C(=O)C1CCOCC1)CC31CCN(C(=O)NC(C)C)CC1. The lowest BCUT2D eigenvalue weighted by atomic mass is 9.68. The maximum absolute atomic E-state index is 13.8. The number of hydrogen-bond acceptors (Lipinski definition) is 5. The number of amides is 3. The molecule has 3 amide bonds. The van der Waals surface area contributed by atoms with E-state index in [1.807, 2.05) is 35.8 Å². The fourth-order valence-corrected chi connectivity index (χ4v) is 6.30. The highest BCUT2D eigenvalue weighted by atomic mass is 16.5. The van der Waals surface area contributed by atoms with Crippen molar-refractivity contribution in [3.63, 3.8) is 0 Å². The Morgan fingerprint density at radius 3 is 2.61 bits per heavy atom. The highest BCUT2D eigenvalue weighted by Crippen LogP contribution is 2.49. The van der Waals surface area contributed by atoms with Crippen LogP contribution in [-0.4, -0.2) is 84.4 Å². The summed E-state index contributed by atoms with van der Waals surface area (Å²) in [5, 5.41) is 14.6. The molecule has 1 aromatic carbocycles. The smallest absolute Gasteiger partial charge is 0.317 e. The van der Waals surface area contributed by atoms with E-state index in [1.165, 1.54) is 5.56 Å². The normalized spacial score (nSPS) is 22.2. The zero-order valence-electron chi connectivity index (χ0n) is 21.5. The Balaban J connectivity index is 1.55. The lowest BCUT2D eigenvalue weighted by Crippen LogP contribution is -2.58. The molecule has 9 nitrogen and oxygen atoms in total. The van der Waals surface area contributed by atoms with Crippen LogP contribution >= 0.6 is 0 Å². The molecule has 1 atom stereocenters. The first-order valence-corrected chi connectivity index (χ1v) is 13.1. The molecule has 36 heavy (non-hydrogen) atoms. The van der Waals surface area contributed by atoms with Gasteiger partial charge in [-0.3, -0.25) is 4.79 Å². The van der Waals surface area contributed by atoms with Crippen LogP contribution in [0.1, 0.15) is 56.8 Å². The molecule has 9 heteroatoms. The largest absolute Gasteiger partial charge is 0.497 e. The van der Waals surface area contributed by atoms with Gasteiger partial charge in [0, 0.05) is 72.9 Å². The fraction of sp³-hybridized carbons (Fsp3) is 0.630. The summed E-state index contributed by atoms with van der Waals surface area (Å²) in [6.45, 7) is 6.74. The third-order valence-corrected chi connectivity index (χ3v) is 8.19. The van der Waals surface area contributed by atoms with E-state index in [0.29, 0.717) is 45.7 Å². The van der Waals surface area contributed by atoms with Crippen molar-refractivity contribution in [3.8, 4) is 5.75 Å². The van der Waals surface area contributed by atoms with Gasteiger partial charge in [0.1, 0.15) is 5.75 Å². The van der Waals surface area contributed by atoms with Gasteiger partial charge in [0.25, 0.3) is 0 Å². The van der Waals surface area contributed by atoms with Gasteiger partial charge >= 0.3 is 6.03 Å². The molecule has 3 aliphatic rings. The van der Waals surface area contributed by atoms with Crippen LogP contribution in [-0.2, 0) is 14.9 Å². The number of aliphatic hydroxyl groups excluding tert-OH is 1. The lowest BCUT2D eigenvalue weighted by Gasteiger charge is -2.51. The van der Waals surface area contributed by atoms with Crippen molar-refractivity contribution in [2.24, 2.45) is 5.92 Å². The predicted molar refractivity (Wildman–Crippen MR) is 136 cm³/mol. The monoisotopic (exact) mass is 498 g/mol. The number of likely N-dealkylation sites (tertiary alicyclic amines) is 1. The molecular weight excluding hydrogens is 460 g/mol. The average Bonchev–Trinajstić information content (AvgIpc) is 3.28. The second-order valence-corrected chi connectivity index (χ2v) is 10.7. The molecule has 1 aromatic heterocycles. The number of carbonyl (C=O) groups excluding carboxylic acids is 2. The molecule has 0 saturated carbocycles. The maximum Gasteiger partial charge on any atom is 0.317 e. The molecule has 5 rings (SSSR count). The zero-order chi connectivity index (χ0) is 25.4. The number of carbonyl (C=O) groups is 2. The van der Waals surface area contributed by atoms with Crippen molar-refractivity contribution in [2.45, 2.75) is 57.0 Å². The number of aromatic amines is 1. The van der Waals surface area contributed by atoms with Gasteiger partial charge in [-0.15, -0.1) is 0 Å². The van der Waals surface area contributed by atoms with Crippen LogP contribution < -0.4 is 10.1 Å². The number of piperidine rings is 1. The summed E-state index contributed by atoms with van der Waals surface area (Å²) in [5.74, 6) is 0.761. The van der Waals surface area contributed by atoms with E-state index in [1.54, 1.807) is 7.11 Å². The molecule has 3 aliphatic heterocycles. The van der Waals surface area contributed by atoms with Crippen molar-refractivity contribution < 1.29 is 24.2 Å². The van der Waals surface area contributed by atoms with Crippen molar-refractivity contribution in [2.75, 3.05) is 46.6 Å². The minimum atomic E-state index is -0.429. The molecule has 3 N–H and O–H groups in total. The van der Waals surface area contributed by atoms with Gasteiger partial charge in [-0.2, -0.15) is 0 Å². The molecule has 0 radical (unpaired) electrons. The van der Waals surface area contributed by atoms with Gasteiger partial charge in [-0.1, -0.05) is 0 Å². The predicted octanol–water partition coefficient (Wildman–Crippen LogP) is 2.93. The van der Waals surface area contributed by atoms with Crippen molar-refractivity contribution in [1.82, 2.24) is 20.1 Å². The number of nitrogens with zero attached hydrogens (tertiary/aromatic N) is 2. The Bertz CT molecular complexity index is 1110. The molecule has 4 heterocycles. The molecule has 0 aliphatic carbocycles. The fourth-order valence-electron chi connectivity index (χ4n) is 6.30. The van der Waals surface area contributed by atoms with E-state index in [-0.39, 0.29) is 35.9 Å². The van der Waals surface area contributed by atoms with E-state index >= 15 is 0 Å². The molecule has 196 valence electrons. The molecule has 2 saturated heterocycles. The molecule has 1 spiro atoms. The van der Waals surface area contributed by atoms with E-state index < -0.39 is 6.04 Å². The van der Waals surface area contributed by atoms with Gasteiger partial charge in [0.2, 0.25) is 5.91 Å². The second kappa shape index (κ2) is 9.94. The summed E-state index contributed by atoms with van der Waals surface area (Å²) in [5.41, 5.74) is 2.73. The number of methoxy groups -OCH3 is 1. The third kappa shape index (κ3) is 4.32. The van der Waals surface area contributed by atoms with Gasteiger partial charge in [-0.05, 0) is 57.2 Å². The first-order chi connectivity index (χ1) is 17.4. The Kier molecular flexibility index (Phi) is 6.87. The number of urea groups is 1. The van der Waals surface area contributed by atoms with E-state index in [9.17, 15) is 14.7 Å². The minimum absolute atomic E-state index is 0.0390. The molecule has 0 bridgehead atoms. The van der Waals surface area contributed by atoms with E-state index in [2.05, 4.69) is 16.4 Å². The van der Waals surface area contributed by atoms with Crippen molar-refractivity contribution in [3.05, 3.63) is 29.5 Å². The molecular formula is C27H38N4O5. The standard InChI is InChI=1S/C27H38N4O5/c1-17(2)28-26(34)30-10-8-27(9-11-30)16-31(25(33)18-6-12-36-13-7-18)22(15-32)24-23(27)20-5-4-19(35-3)14-21(20)29-24/h4-5,14,17-18,22,29,32H,6-13,15-16H2,1-3H3,(H,28,34)/t22-/m0/s1. The highest BCUT2D eigenvalue weighted by Gasteiger charge is 2.49. The Hall–Kier alpha value is -2.78. The Morgan fingerprint density at radius 2 is 1.97 bits per heavy atom. The molecule has 0 unspecified atom stereocenters. The van der Waals surface area contributed by atoms with Crippen LogP contribution in [0, 0.1) is 5.92 Å². The minimum Gasteiger partial charge on any atom is -0.497 e. The van der Waals surface area contributed by atoms with Gasteiger partial charge < -0.3 is 34.7 Å². The van der Waals surface area contributed by atoms with Crippen LogP contribution in [0.25, 0.3) is 10.9 Å². The molecule has 2 aromatic rings. The number of nitrogens with one attached hydrogen (secondary N) is 2. The van der Waals surface area contributed by atoms with Gasteiger partial charge in [-0.25, -0.2) is 4.79 Å². The van der Waals surface area contributed by atoms with Crippen LogP contribution in [0.15, 0.2) is 18.2 Å². The number of aromatic nitrogens is 1. The average molecular weight is 499 g/mol. The molecule has 2 fully saturated rings. The highest BCUT2D eigenvalue weighted by molar-refractivity contribution is 5.89. The number of hydrogen-bond donors (Lipinski definition) is 3. The number of aliphatic hydroxyl groups is 1. The summed E-state index contributed by atoms with van der Waals surface area (Å²) in [6.07, 6.45) is 2.92. The number of rotatable bonds is 4. The van der Waals surface area contributed by atoms with Gasteiger partial charge in [0.05, 0.1) is 19.8 Å². The van der Waals surface area contributed by atoms with E-state index in [4.69, 9.17) is 9.47 Å². The first kappa shape index (κ1) is 24.9. The van der Waals surface area contributed by atoms with Crippen molar-refractivity contribution in [1.29, 1.82) is 0 Å². The first-order valence-electron chi connectivity index (χ1n) is 13.1. The van der Waals surface area contributed by atoms with Crippen LogP contribution in [0.4, 0.5) is 4.79 Å². The summed E-state index contributed by atoms with van der Waals surface area (Å²) in [6, 6.07) is 5.63.